The number of rotatable bonds is 3. The van der Waals surface area contributed by atoms with E-state index >= 15 is 0 Å². The van der Waals surface area contributed by atoms with Gasteiger partial charge in [0.05, 0.1) is 4.90 Å². The minimum Gasteiger partial charge on any atom is -0.381 e. The van der Waals surface area contributed by atoms with Crippen molar-refractivity contribution < 1.29 is 17.7 Å². The van der Waals surface area contributed by atoms with Gasteiger partial charge in [-0.3, -0.25) is 4.55 Å². The molecule has 1 N–H and O–H groups in total. The lowest BCUT2D eigenvalue weighted by Crippen LogP contribution is -2.04. The predicted octanol–water partition coefficient (Wildman–Crippen LogP) is 1.51. The fraction of sp³-hybridized carbons (Fsp3) is 0.455. The summed E-state index contributed by atoms with van der Waals surface area (Å²) in [6.07, 6.45) is 1.95. The third-order valence-corrected chi connectivity index (χ3v) is 3.64. The smallest absolute Gasteiger partial charge is 0.294 e. The Balaban J connectivity index is 2.07. The summed E-state index contributed by atoms with van der Waals surface area (Å²) in [5.74, 6) is 0.525. The van der Waals surface area contributed by atoms with Crippen LogP contribution in [-0.4, -0.2) is 26.2 Å². The van der Waals surface area contributed by atoms with Gasteiger partial charge in [0.2, 0.25) is 0 Å². The molecular weight excluding hydrogens is 228 g/mol. The van der Waals surface area contributed by atoms with Crippen LogP contribution < -0.4 is 0 Å². The molecule has 0 aromatic heterocycles. The standard InChI is InChI=1S/C11H14O4S/c12-16(13,14)11-3-1-9(2-4-11)7-10-5-6-15-8-10/h1-4,10H,5-8H2,(H,12,13,14). The van der Waals surface area contributed by atoms with E-state index < -0.39 is 10.1 Å². The third kappa shape index (κ3) is 2.81. The summed E-state index contributed by atoms with van der Waals surface area (Å²) in [7, 11) is -4.07. The van der Waals surface area contributed by atoms with Crippen molar-refractivity contribution >= 4 is 10.1 Å². The van der Waals surface area contributed by atoms with E-state index in [1.54, 1.807) is 12.1 Å². The van der Waals surface area contributed by atoms with Gasteiger partial charge in [-0.2, -0.15) is 8.42 Å². The van der Waals surface area contributed by atoms with Gasteiger partial charge in [-0.1, -0.05) is 12.1 Å². The highest BCUT2D eigenvalue weighted by Gasteiger charge is 2.16. The summed E-state index contributed by atoms with van der Waals surface area (Å²) in [6.45, 7) is 1.59. The Kier molecular flexibility index (Phi) is 3.28. The number of hydrogen-bond donors (Lipinski definition) is 1. The molecule has 1 aromatic carbocycles. The van der Waals surface area contributed by atoms with Crippen LogP contribution in [0, 0.1) is 5.92 Å². The van der Waals surface area contributed by atoms with Crippen molar-refractivity contribution in [1.82, 2.24) is 0 Å². The fourth-order valence-corrected chi connectivity index (χ4v) is 2.36. The Hall–Kier alpha value is -0.910. The molecule has 16 heavy (non-hydrogen) atoms. The van der Waals surface area contributed by atoms with Gasteiger partial charge in [0.1, 0.15) is 0 Å². The average Bonchev–Trinajstić information content (AvgIpc) is 2.70. The molecule has 0 aliphatic carbocycles. The van der Waals surface area contributed by atoms with Gasteiger partial charge < -0.3 is 4.74 Å². The summed E-state index contributed by atoms with van der Waals surface area (Å²) in [6, 6.07) is 6.34. The zero-order valence-corrected chi connectivity index (χ0v) is 9.61. The molecule has 1 aromatic rings. The van der Waals surface area contributed by atoms with Crippen LogP contribution in [0.25, 0.3) is 0 Å². The fourth-order valence-electron chi connectivity index (χ4n) is 1.88. The number of benzene rings is 1. The van der Waals surface area contributed by atoms with Gasteiger partial charge in [-0.05, 0) is 36.5 Å². The quantitative estimate of drug-likeness (QED) is 0.816. The monoisotopic (exact) mass is 242 g/mol. The van der Waals surface area contributed by atoms with E-state index in [1.165, 1.54) is 12.1 Å². The minimum atomic E-state index is -4.07. The van der Waals surface area contributed by atoms with Crippen LogP contribution in [0.5, 0.6) is 0 Å². The molecule has 0 bridgehead atoms. The van der Waals surface area contributed by atoms with Crippen LogP contribution in [0.4, 0.5) is 0 Å². The number of ether oxygens (including phenoxy) is 1. The van der Waals surface area contributed by atoms with Gasteiger partial charge in [0.25, 0.3) is 10.1 Å². The van der Waals surface area contributed by atoms with E-state index in [0.29, 0.717) is 5.92 Å². The molecule has 1 heterocycles. The largest absolute Gasteiger partial charge is 0.381 e. The maximum Gasteiger partial charge on any atom is 0.294 e. The Morgan fingerprint density at radius 1 is 1.31 bits per heavy atom. The first-order valence-electron chi connectivity index (χ1n) is 5.20. The molecule has 1 fully saturated rings. The van der Waals surface area contributed by atoms with E-state index in [-0.39, 0.29) is 4.90 Å². The summed E-state index contributed by atoms with van der Waals surface area (Å²) in [4.78, 5) is -0.0566. The zero-order valence-electron chi connectivity index (χ0n) is 8.80. The second kappa shape index (κ2) is 4.53. The Morgan fingerprint density at radius 3 is 2.50 bits per heavy atom. The number of hydrogen-bond acceptors (Lipinski definition) is 3. The van der Waals surface area contributed by atoms with E-state index in [4.69, 9.17) is 9.29 Å². The summed E-state index contributed by atoms with van der Waals surface area (Å²) < 4.78 is 35.7. The summed E-state index contributed by atoms with van der Waals surface area (Å²) in [5.41, 5.74) is 1.07. The Bertz CT molecular complexity index is 443. The van der Waals surface area contributed by atoms with Crippen LogP contribution in [-0.2, 0) is 21.3 Å². The van der Waals surface area contributed by atoms with Crippen LogP contribution in [0.1, 0.15) is 12.0 Å². The van der Waals surface area contributed by atoms with Crippen LogP contribution in [0.3, 0.4) is 0 Å². The first kappa shape index (κ1) is 11.6. The van der Waals surface area contributed by atoms with Gasteiger partial charge in [-0.25, -0.2) is 0 Å². The van der Waals surface area contributed by atoms with Crippen molar-refractivity contribution in [3.63, 3.8) is 0 Å². The van der Waals surface area contributed by atoms with Crippen LogP contribution in [0.15, 0.2) is 29.2 Å². The Morgan fingerprint density at radius 2 is 2.00 bits per heavy atom. The highest BCUT2D eigenvalue weighted by atomic mass is 32.2. The average molecular weight is 242 g/mol. The second-order valence-electron chi connectivity index (χ2n) is 4.05. The van der Waals surface area contributed by atoms with Crippen molar-refractivity contribution in [1.29, 1.82) is 0 Å². The molecule has 1 saturated heterocycles. The first-order chi connectivity index (χ1) is 7.55. The summed E-state index contributed by atoms with van der Waals surface area (Å²) in [5, 5.41) is 0. The maximum absolute atomic E-state index is 10.8. The highest BCUT2D eigenvalue weighted by molar-refractivity contribution is 7.85. The molecule has 2 rings (SSSR count). The zero-order chi connectivity index (χ0) is 11.6. The van der Waals surface area contributed by atoms with Gasteiger partial charge >= 0.3 is 0 Å². The molecule has 4 nitrogen and oxygen atoms in total. The highest BCUT2D eigenvalue weighted by Crippen LogP contribution is 2.19. The molecule has 1 aliphatic heterocycles. The van der Waals surface area contributed by atoms with Crippen molar-refractivity contribution in [2.45, 2.75) is 17.7 Å². The molecule has 0 saturated carbocycles. The lowest BCUT2D eigenvalue weighted by molar-refractivity contribution is 0.186. The van der Waals surface area contributed by atoms with E-state index in [0.717, 1.165) is 31.6 Å². The van der Waals surface area contributed by atoms with Gasteiger partial charge in [0.15, 0.2) is 0 Å². The lowest BCUT2D eigenvalue weighted by Gasteiger charge is -2.07. The molecular formula is C11H14O4S. The third-order valence-electron chi connectivity index (χ3n) is 2.77. The predicted molar refractivity (Wildman–Crippen MR) is 58.9 cm³/mol. The van der Waals surface area contributed by atoms with Crippen molar-refractivity contribution in [2.75, 3.05) is 13.2 Å². The SMILES string of the molecule is O=S(=O)(O)c1ccc(CC2CCOC2)cc1. The van der Waals surface area contributed by atoms with Crippen molar-refractivity contribution in [3.8, 4) is 0 Å². The molecule has 0 spiro atoms. The molecule has 1 unspecified atom stereocenters. The molecule has 0 amide bonds. The van der Waals surface area contributed by atoms with Crippen molar-refractivity contribution in [2.24, 2.45) is 5.92 Å². The first-order valence-corrected chi connectivity index (χ1v) is 6.64. The lowest BCUT2D eigenvalue weighted by atomic mass is 9.99. The molecule has 88 valence electrons. The molecule has 0 radical (unpaired) electrons. The topological polar surface area (TPSA) is 63.6 Å². The minimum absolute atomic E-state index is 0.0566. The normalized spacial score (nSPS) is 21.2. The van der Waals surface area contributed by atoms with Crippen LogP contribution in [0.2, 0.25) is 0 Å². The second-order valence-corrected chi connectivity index (χ2v) is 5.47. The van der Waals surface area contributed by atoms with E-state index in [2.05, 4.69) is 0 Å². The van der Waals surface area contributed by atoms with E-state index in [9.17, 15) is 8.42 Å². The van der Waals surface area contributed by atoms with Gasteiger partial charge in [0, 0.05) is 13.2 Å². The van der Waals surface area contributed by atoms with Crippen molar-refractivity contribution in [3.05, 3.63) is 29.8 Å². The Labute approximate surface area is 95.0 Å². The molecule has 1 aliphatic rings. The molecule has 5 heteroatoms. The summed E-state index contributed by atoms with van der Waals surface area (Å²) >= 11 is 0. The van der Waals surface area contributed by atoms with Gasteiger partial charge in [-0.15, -0.1) is 0 Å². The molecule has 1 atom stereocenters. The van der Waals surface area contributed by atoms with E-state index in [1.807, 2.05) is 0 Å². The van der Waals surface area contributed by atoms with Crippen LogP contribution >= 0.6 is 0 Å². The maximum atomic E-state index is 10.8.